The Morgan fingerprint density at radius 3 is 2.62 bits per heavy atom. The van der Waals surface area contributed by atoms with Gasteiger partial charge >= 0.3 is 0 Å². The van der Waals surface area contributed by atoms with Gasteiger partial charge in [-0.15, -0.1) is 5.75 Å². The van der Waals surface area contributed by atoms with E-state index in [1.165, 1.54) is 30.3 Å². The van der Waals surface area contributed by atoms with Gasteiger partial charge in [0.1, 0.15) is 12.9 Å². The highest BCUT2D eigenvalue weighted by Gasteiger charge is 2.45. The molecule has 2 aromatic rings. The van der Waals surface area contributed by atoms with E-state index in [2.05, 4.69) is 0 Å². The average Bonchev–Trinajstić information content (AvgIpc) is 2.71. The van der Waals surface area contributed by atoms with E-state index in [4.69, 9.17) is 0 Å². The molecule has 3 rings (SSSR count). The zero-order valence-corrected chi connectivity index (χ0v) is 13.7. The molecule has 0 saturated carbocycles. The minimum Gasteiger partial charge on any atom is -0.872 e. The molecule has 2 aromatic carbocycles. The SMILES string of the molecule is CC1=[N+](C)c2ccc(F)cc2C1(C)Cc1cc([N+](=O)[O-])ccc1[O-]. The predicted octanol–water partition coefficient (Wildman–Crippen LogP) is 3.06. The van der Waals surface area contributed by atoms with Crippen molar-refractivity contribution in [3.8, 4) is 5.75 Å². The summed E-state index contributed by atoms with van der Waals surface area (Å²) in [6.45, 7) is 3.86. The Bertz CT molecular complexity index is 892. The Labute approximate surface area is 138 Å². The summed E-state index contributed by atoms with van der Waals surface area (Å²) in [5, 5.41) is 23.2. The molecule has 24 heavy (non-hydrogen) atoms. The highest BCUT2D eigenvalue weighted by Crippen LogP contribution is 2.42. The van der Waals surface area contributed by atoms with E-state index in [9.17, 15) is 19.6 Å². The number of benzene rings is 2. The zero-order valence-electron chi connectivity index (χ0n) is 13.7. The first kappa shape index (κ1) is 16.1. The maximum Gasteiger partial charge on any atom is 0.269 e. The van der Waals surface area contributed by atoms with Gasteiger partial charge in [-0.05, 0) is 31.0 Å². The van der Waals surface area contributed by atoms with Crippen LogP contribution in [0.3, 0.4) is 0 Å². The molecule has 0 bridgehead atoms. The van der Waals surface area contributed by atoms with Crippen LogP contribution in [0.5, 0.6) is 5.75 Å². The van der Waals surface area contributed by atoms with Crippen molar-refractivity contribution in [1.29, 1.82) is 0 Å². The monoisotopic (exact) mass is 328 g/mol. The molecule has 5 nitrogen and oxygen atoms in total. The third-order valence-electron chi connectivity index (χ3n) is 5.01. The van der Waals surface area contributed by atoms with Gasteiger partial charge in [-0.1, -0.05) is 6.07 Å². The number of non-ortho nitro benzene ring substituents is 1. The molecule has 1 unspecified atom stereocenters. The second kappa shape index (κ2) is 5.40. The van der Waals surface area contributed by atoms with Crippen molar-refractivity contribution in [1.82, 2.24) is 0 Å². The van der Waals surface area contributed by atoms with Crippen LogP contribution in [-0.2, 0) is 11.8 Å². The van der Waals surface area contributed by atoms with Crippen molar-refractivity contribution in [3.63, 3.8) is 0 Å². The molecule has 0 radical (unpaired) electrons. The van der Waals surface area contributed by atoms with Crippen molar-refractivity contribution >= 4 is 17.1 Å². The van der Waals surface area contributed by atoms with E-state index in [-0.39, 0.29) is 23.7 Å². The number of nitro benzene ring substituents is 1. The highest BCUT2D eigenvalue weighted by atomic mass is 19.1. The summed E-state index contributed by atoms with van der Waals surface area (Å²) in [4.78, 5) is 10.5. The Kier molecular flexibility index (Phi) is 3.63. The molecule has 124 valence electrons. The van der Waals surface area contributed by atoms with Gasteiger partial charge < -0.3 is 5.11 Å². The lowest BCUT2D eigenvalue weighted by molar-refractivity contribution is -0.403. The average molecular weight is 328 g/mol. The molecule has 0 spiro atoms. The second-order valence-corrected chi connectivity index (χ2v) is 6.36. The van der Waals surface area contributed by atoms with Crippen LogP contribution in [-0.4, -0.2) is 22.3 Å². The summed E-state index contributed by atoms with van der Waals surface area (Å²) < 4.78 is 15.7. The van der Waals surface area contributed by atoms with Crippen LogP contribution >= 0.6 is 0 Å². The van der Waals surface area contributed by atoms with E-state index in [0.29, 0.717) is 5.56 Å². The molecule has 6 heteroatoms. The summed E-state index contributed by atoms with van der Waals surface area (Å²) >= 11 is 0. The van der Waals surface area contributed by atoms with Gasteiger partial charge in [0.25, 0.3) is 5.69 Å². The summed E-state index contributed by atoms with van der Waals surface area (Å²) in [6, 6.07) is 8.34. The molecular weight excluding hydrogens is 311 g/mol. The number of fused-ring (bicyclic) bond motifs is 1. The van der Waals surface area contributed by atoms with E-state index < -0.39 is 10.3 Å². The van der Waals surface area contributed by atoms with Crippen LogP contribution in [0.2, 0.25) is 0 Å². The highest BCUT2D eigenvalue weighted by molar-refractivity contribution is 5.94. The van der Waals surface area contributed by atoms with Crippen LogP contribution in [0.15, 0.2) is 36.4 Å². The van der Waals surface area contributed by atoms with Gasteiger partial charge in [-0.2, -0.15) is 0 Å². The first-order valence-corrected chi connectivity index (χ1v) is 7.56. The van der Waals surface area contributed by atoms with Crippen molar-refractivity contribution in [2.45, 2.75) is 25.7 Å². The van der Waals surface area contributed by atoms with E-state index in [0.717, 1.165) is 17.0 Å². The van der Waals surface area contributed by atoms with Crippen LogP contribution < -0.4 is 5.11 Å². The number of hydrogen-bond acceptors (Lipinski definition) is 3. The first-order valence-electron chi connectivity index (χ1n) is 7.56. The van der Waals surface area contributed by atoms with Crippen molar-refractivity contribution in [2.75, 3.05) is 7.05 Å². The molecular formula is C18H17FN2O3. The number of rotatable bonds is 3. The second-order valence-electron chi connectivity index (χ2n) is 6.36. The molecule has 1 aliphatic heterocycles. The lowest BCUT2D eigenvalue weighted by Gasteiger charge is -2.25. The van der Waals surface area contributed by atoms with Gasteiger partial charge in [0.05, 0.1) is 10.3 Å². The topological polar surface area (TPSA) is 69.2 Å². The Morgan fingerprint density at radius 1 is 1.25 bits per heavy atom. The normalized spacial score (nSPS) is 19.5. The lowest BCUT2D eigenvalue weighted by Crippen LogP contribution is -2.32. The Hall–Kier alpha value is -2.76. The van der Waals surface area contributed by atoms with Crippen LogP contribution in [0.1, 0.15) is 25.0 Å². The van der Waals surface area contributed by atoms with E-state index in [1.807, 2.05) is 25.5 Å². The molecule has 0 fully saturated rings. The van der Waals surface area contributed by atoms with Gasteiger partial charge in [-0.25, -0.2) is 8.97 Å². The molecule has 1 heterocycles. The number of halogens is 1. The van der Waals surface area contributed by atoms with Crippen molar-refractivity contribution in [2.24, 2.45) is 0 Å². The number of nitro groups is 1. The lowest BCUT2D eigenvalue weighted by atomic mass is 9.75. The quantitative estimate of drug-likeness (QED) is 0.494. The third-order valence-corrected chi connectivity index (χ3v) is 5.01. The van der Waals surface area contributed by atoms with Crippen molar-refractivity contribution in [3.05, 3.63) is 63.5 Å². The largest absolute Gasteiger partial charge is 0.872 e. The fourth-order valence-corrected chi connectivity index (χ4v) is 3.41. The molecule has 1 aliphatic rings. The molecule has 0 aromatic heterocycles. The summed E-state index contributed by atoms with van der Waals surface area (Å²) in [5.74, 6) is -0.591. The standard InChI is InChI=1S/C18H17FN2O3/c1-11-18(2,15-9-13(19)4-6-16(15)20(11)3)10-12-8-14(21(23)24)5-7-17(12)22/h4-9H,10H2,1-3H3. The first-order chi connectivity index (χ1) is 11.2. The number of hydrogen-bond donors (Lipinski definition) is 0. The van der Waals surface area contributed by atoms with Gasteiger partial charge in [-0.3, -0.25) is 10.1 Å². The summed E-state index contributed by atoms with van der Waals surface area (Å²) in [5.41, 5.74) is 2.28. The maximum atomic E-state index is 13.8. The van der Waals surface area contributed by atoms with Crippen LogP contribution in [0, 0.1) is 15.9 Å². The van der Waals surface area contributed by atoms with E-state index in [1.54, 1.807) is 6.07 Å². The molecule has 1 atom stereocenters. The minimum absolute atomic E-state index is 0.114. The molecule has 0 N–H and O–H groups in total. The summed E-state index contributed by atoms with van der Waals surface area (Å²) in [7, 11) is 1.89. The van der Waals surface area contributed by atoms with Gasteiger partial charge in [0.2, 0.25) is 5.69 Å². The summed E-state index contributed by atoms with van der Waals surface area (Å²) in [6.07, 6.45) is 0.278. The molecule has 0 aliphatic carbocycles. The van der Waals surface area contributed by atoms with Gasteiger partial charge in [0.15, 0.2) is 5.71 Å². The Balaban J connectivity index is 2.12. The third kappa shape index (κ3) is 2.35. The molecule has 0 amide bonds. The smallest absolute Gasteiger partial charge is 0.269 e. The van der Waals surface area contributed by atoms with E-state index >= 15 is 0 Å². The fourth-order valence-electron chi connectivity index (χ4n) is 3.41. The predicted molar refractivity (Wildman–Crippen MR) is 86.5 cm³/mol. The molecule has 0 saturated heterocycles. The fraction of sp³-hybridized carbons (Fsp3) is 0.278. The minimum atomic E-state index is -0.597. The zero-order chi connectivity index (χ0) is 17.6. The van der Waals surface area contributed by atoms with Gasteiger partial charge in [0, 0.05) is 30.7 Å². The van der Waals surface area contributed by atoms with Crippen LogP contribution in [0.4, 0.5) is 15.8 Å². The van der Waals surface area contributed by atoms with Crippen molar-refractivity contribution < 1.29 is 19.0 Å². The van der Waals surface area contributed by atoms with Crippen LogP contribution in [0.25, 0.3) is 0 Å². The number of nitrogens with zero attached hydrogens (tertiary/aromatic N) is 2. The Morgan fingerprint density at radius 2 is 1.96 bits per heavy atom. The maximum absolute atomic E-state index is 13.8.